The predicted octanol–water partition coefficient (Wildman–Crippen LogP) is 2.86. The number of hydrogen-bond donors (Lipinski definition) is 0. The van der Waals surface area contributed by atoms with E-state index in [-0.39, 0.29) is 11.6 Å². The summed E-state index contributed by atoms with van der Waals surface area (Å²) in [6, 6.07) is 15.8. The van der Waals surface area contributed by atoms with E-state index in [1.54, 1.807) is 6.21 Å². The molecule has 2 rings (SSSR count). The highest BCUT2D eigenvalue weighted by Crippen LogP contribution is 2.09. The van der Waals surface area contributed by atoms with Crippen molar-refractivity contribution in [1.29, 1.82) is 0 Å². The minimum atomic E-state index is 0.151. The summed E-state index contributed by atoms with van der Waals surface area (Å²) in [7, 11) is 0.897. The van der Waals surface area contributed by atoms with Gasteiger partial charge in [0.05, 0.1) is 6.54 Å². The summed E-state index contributed by atoms with van der Waals surface area (Å²) in [4.78, 5) is 27.6. The summed E-state index contributed by atoms with van der Waals surface area (Å²) in [6.07, 6.45) is 2.32. The third-order valence-electron chi connectivity index (χ3n) is 3.67. The quantitative estimate of drug-likeness (QED) is 0.447. The van der Waals surface area contributed by atoms with Crippen LogP contribution >= 0.6 is 0 Å². The third-order valence-corrected chi connectivity index (χ3v) is 4.31. The molecule has 0 aliphatic carbocycles. The molecule has 2 aromatic rings. The van der Waals surface area contributed by atoms with Crippen LogP contribution in [-0.2, 0) is 6.54 Å². The standard InChI is InChI=1S/C19H21NO2Si/c1-2-18(21)16-7-3-14(4-8-16)11-20-12-15-5-9-17(10-6-15)19(22)13-23/h3-11H,2,12-13H2,1,23H3. The van der Waals surface area contributed by atoms with Gasteiger partial charge >= 0.3 is 0 Å². The van der Waals surface area contributed by atoms with Crippen molar-refractivity contribution in [3.05, 3.63) is 70.8 Å². The van der Waals surface area contributed by atoms with Crippen LogP contribution in [0.2, 0.25) is 6.04 Å². The molecule has 0 heterocycles. The summed E-state index contributed by atoms with van der Waals surface area (Å²) < 4.78 is 0. The molecule has 0 saturated carbocycles. The normalized spacial score (nSPS) is 11.0. The van der Waals surface area contributed by atoms with Crippen molar-refractivity contribution in [2.45, 2.75) is 25.9 Å². The van der Waals surface area contributed by atoms with Crippen molar-refractivity contribution >= 4 is 28.0 Å². The van der Waals surface area contributed by atoms with Crippen LogP contribution in [0, 0.1) is 0 Å². The molecule has 23 heavy (non-hydrogen) atoms. The van der Waals surface area contributed by atoms with Gasteiger partial charge < -0.3 is 0 Å². The molecule has 0 unspecified atom stereocenters. The molecule has 0 atom stereocenters. The molecule has 0 radical (unpaired) electrons. The molecule has 0 aromatic heterocycles. The smallest absolute Gasteiger partial charge is 0.162 e. The van der Waals surface area contributed by atoms with Crippen molar-refractivity contribution in [2.24, 2.45) is 4.99 Å². The summed E-state index contributed by atoms with van der Waals surface area (Å²) in [5.74, 6) is 0.367. The molecule has 0 aliphatic heterocycles. The zero-order chi connectivity index (χ0) is 16.7. The van der Waals surface area contributed by atoms with Gasteiger partial charge in [-0.1, -0.05) is 55.5 Å². The highest BCUT2D eigenvalue weighted by molar-refractivity contribution is 6.23. The van der Waals surface area contributed by atoms with Crippen molar-refractivity contribution < 1.29 is 9.59 Å². The lowest BCUT2D eigenvalue weighted by Crippen LogP contribution is -1.97. The number of hydrogen-bond acceptors (Lipinski definition) is 3. The van der Waals surface area contributed by atoms with E-state index in [9.17, 15) is 9.59 Å². The van der Waals surface area contributed by atoms with Crippen LogP contribution in [0.1, 0.15) is 45.2 Å². The van der Waals surface area contributed by atoms with Crippen LogP contribution in [0.15, 0.2) is 53.5 Å². The number of aliphatic imine (C=N–C) groups is 1. The van der Waals surface area contributed by atoms with Gasteiger partial charge in [-0.2, -0.15) is 0 Å². The molecule has 0 fully saturated rings. The highest BCUT2D eigenvalue weighted by atomic mass is 28.1. The van der Waals surface area contributed by atoms with Crippen molar-refractivity contribution in [1.82, 2.24) is 0 Å². The molecule has 0 spiro atoms. The van der Waals surface area contributed by atoms with Gasteiger partial charge in [0, 0.05) is 34.0 Å². The van der Waals surface area contributed by atoms with E-state index in [1.165, 1.54) is 0 Å². The summed E-state index contributed by atoms with van der Waals surface area (Å²) in [5, 5.41) is 0. The fourth-order valence-electron chi connectivity index (χ4n) is 2.22. The molecule has 0 aliphatic rings. The number of rotatable bonds is 7. The third kappa shape index (κ3) is 4.83. The first kappa shape index (κ1) is 17.0. The molecule has 0 amide bonds. The molecule has 4 heteroatoms. The second kappa shape index (κ2) is 8.34. The van der Waals surface area contributed by atoms with Crippen LogP contribution < -0.4 is 0 Å². The Kier molecular flexibility index (Phi) is 6.17. The number of benzene rings is 2. The monoisotopic (exact) mass is 323 g/mol. The number of carbonyl (C=O) groups is 2. The Morgan fingerprint density at radius 2 is 1.52 bits per heavy atom. The average molecular weight is 323 g/mol. The van der Waals surface area contributed by atoms with Crippen molar-refractivity contribution in [3.63, 3.8) is 0 Å². The molecule has 0 saturated heterocycles. The SMILES string of the molecule is CCC(=O)c1ccc(C=NCc2ccc(C(=O)C[SiH3])cc2)cc1. The molecular weight excluding hydrogens is 302 g/mol. The maximum Gasteiger partial charge on any atom is 0.162 e. The maximum atomic E-state index is 11.6. The fraction of sp³-hybridized carbons (Fsp3) is 0.211. The lowest BCUT2D eigenvalue weighted by atomic mass is 10.1. The Labute approximate surface area is 139 Å². The lowest BCUT2D eigenvalue weighted by Gasteiger charge is -2.01. The van der Waals surface area contributed by atoms with Gasteiger partial charge in [0.25, 0.3) is 0 Å². The van der Waals surface area contributed by atoms with Gasteiger partial charge in [-0.25, -0.2) is 0 Å². The topological polar surface area (TPSA) is 46.5 Å². The van der Waals surface area contributed by atoms with E-state index in [1.807, 2.05) is 55.5 Å². The van der Waals surface area contributed by atoms with Crippen LogP contribution in [0.25, 0.3) is 0 Å². The number of carbonyl (C=O) groups excluding carboxylic acids is 2. The van der Waals surface area contributed by atoms with Gasteiger partial charge in [0.15, 0.2) is 11.6 Å². The zero-order valence-corrected chi connectivity index (χ0v) is 15.6. The minimum absolute atomic E-state index is 0.151. The second-order valence-electron chi connectivity index (χ2n) is 5.34. The van der Waals surface area contributed by atoms with Gasteiger partial charge in [-0.15, -0.1) is 0 Å². The molecule has 0 bridgehead atoms. The van der Waals surface area contributed by atoms with Crippen LogP contribution in [0.3, 0.4) is 0 Å². The number of nitrogens with zero attached hydrogens (tertiary/aromatic N) is 1. The first-order chi connectivity index (χ1) is 11.1. The Hall–Kier alpha value is -2.33. The van der Waals surface area contributed by atoms with E-state index in [4.69, 9.17) is 0 Å². The molecule has 2 aromatic carbocycles. The first-order valence-electron chi connectivity index (χ1n) is 7.89. The maximum absolute atomic E-state index is 11.6. The van der Waals surface area contributed by atoms with E-state index in [0.29, 0.717) is 19.0 Å². The summed E-state index contributed by atoms with van der Waals surface area (Å²) >= 11 is 0. The van der Waals surface area contributed by atoms with Gasteiger partial charge in [-0.3, -0.25) is 14.6 Å². The first-order valence-corrected chi connectivity index (χ1v) is 9.30. The van der Waals surface area contributed by atoms with Crippen LogP contribution in [0.5, 0.6) is 0 Å². The highest BCUT2D eigenvalue weighted by Gasteiger charge is 2.02. The van der Waals surface area contributed by atoms with Gasteiger partial charge in [0.1, 0.15) is 0 Å². The molecule has 118 valence electrons. The Morgan fingerprint density at radius 3 is 2.09 bits per heavy atom. The van der Waals surface area contributed by atoms with E-state index >= 15 is 0 Å². The van der Waals surface area contributed by atoms with Crippen LogP contribution in [0.4, 0.5) is 0 Å². The number of Topliss-reactive ketones (excluding diaryl/α,β-unsaturated/α-hetero) is 2. The van der Waals surface area contributed by atoms with Crippen molar-refractivity contribution in [3.8, 4) is 0 Å². The molecular formula is C19H21NO2Si. The summed E-state index contributed by atoms with van der Waals surface area (Å²) in [5.41, 5.74) is 3.57. The van der Waals surface area contributed by atoms with Crippen molar-refractivity contribution in [2.75, 3.05) is 0 Å². The predicted molar refractivity (Wildman–Crippen MR) is 97.9 cm³/mol. The number of ketones is 2. The lowest BCUT2D eigenvalue weighted by molar-refractivity contribution is 0.0986. The molecule has 0 N–H and O–H groups in total. The average Bonchev–Trinajstić information content (AvgIpc) is 2.61. The largest absolute Gasteiger partial charge is 0.295 e. The summed E-state index contributed by atoms with van der Waals surface area (Å²) in [6.45, 7) is 2.43. The van der Waals surface area contributed by atoms with Gasteiger partial charge in [-0.05, 0) is 17.2 Å². The van der Waals surface area contributed by atoms with Crippen LogP contribution in [-0.4, -0.2) is 28.0 Å². The second-order valence-corrected chi connectivity index (χ2v) is 6.05. The van der Waals surface area contributed by atoms with E-state index in [0.717, 1.165) is 32.5 Å². The minimum Gasteiger partial charge on any atom is -0.295 e. The Bertz CT molecular complexity index is 703. The van der Waals surface area contributed by atoms with E-state index < -0.39 is 0 Å². The fourth-order valence-corrected chi connectivity index (χ4v) is 2.62. The van der Waals surface area contributed by atoms with Gasteiger partial charge in [0.2, 0.25) is 0 Å². The van der Waals surface area contributed by atoms with E-state index in [2.05, 4.69) is 4.99 Å². The Morgan fingerprint density at radius 1 is 0.957 bits per heavy atom. The zero-order valence-electron chi connectivity index (χ0n) is 13.6. The molecule has 3 nitrogen and oxygen atoms in total. The Balaban J connectivity index is 1.96.